The van der Waals surface area contributed by atoms with Gasteiger partial charge in [-0.3, -0.25) is 9.79 Å². The van der Waals surface area contributed by atoms with Gasteiger partial charge in [-0.1, -0.05) is 41.9 Å². The predicted octanol–water partition coefficient (Wildman–Crippen LogP) is 3.01. The third kappa shape index (κ3) is 7.36. The molecule has 1 saturated heterocycles. The van der Waals surface area contributed by atoms with Gasteiger partial charge in [0.05, 0.1) is 6.54 Å². The Bertz CT molecular complexity index is 808. The molecule has 1 aliphatic heterocycles. The molecule has 1 fully saturated rings. The van der Waals surface area contributed by atoms with E-state index < -0.39 is 0 Å². The van der Waals surface area contributed by atoms with Gasteiger partial charge in [-0.15, -0.1) is 24.0 Å². The van der Waals surface area contributed by atoms with Crippen LogP contribution in [-0.2, 0) is 11.2 Å². The van der Waals surface area contributed by atoms with Gasteiger partial charge in [-0.05, 0) is 36.2 Å². The molecule has 2 aromatic carbocycles. The molecule has 0 radical (unpaired) electrons. The smallest absolute Gasteiger partial charge is 0.242 e. The first kappa shape index (κ1) is 24.3. The fourth-order valence-electron chi connectivity index (χ4n) is 3.32. The number of rotatable bonds is 6. The fourth-order valence-corrected chi connectivity index (χ4v) is 3.45. The maximum Gasteiger partial charge on any atom is 0.242 e. The lowest BCUT2D eigenvalue weighted by molar-refractivity contribution is -0.130. The van der Waals surface area contributed by atoms with Gasteiger partial charge in [0.15, 0.2) is 5.96 Å². The number of carbonyl (C=O) groups is 1. The SMILES string of the molecule is CN=C(NCCc1ccc(Cl)cc1)NCC(=O)N1CCN(c2ccccc2)CC1.I. The molecule has 1 heterocycles. The van der Waals surface area contributed by atoms with E-state index in [1.807, 2.05) is 47.4 Å². The van der Waals surface area contributed by atoms with Crippen molar-refractivity contribution in [1.29, 1.82) is 0 Å². The number of para-hydroxylation sites is 1. The van der Waals surface area contributed by atoms with Crippen molar-refractivity contribution in [3.63, 3.8) is 0 Å². The van der Waals surface area contributed by atoms with Gasteiger partial charge in [0.25, 0.3) is 0 Å². The zero-order chi connectivity index (χ0) is 20.5. The van der Waals surface area contributed by atoms with Gasteiger partial charge >= 0.3 is 0 Å². The molecule has 1 aliphatic rings. The minimum absolute atomic E-state index is 0. The number of guanidine groups is 1. The average Bonchev–Trinajstić information content (AvgIpc) is 2.78. The Labute approximate surface area is 200 Å². The number of benzene rings is 2. The molecule has 0 atom stereocenters. The van der Waals surface area contributed by atoms with Crippen molar-refractivity contribution in [2.45, 2.75) is 6.42 Å². The second-order valence-electron chi connectivity index (χ2n) is 6.93. The molecule has 0 spiro atoms. The number of halogens is 2. The molecule has 0 saturated carbocycles. The van der Waals surface area contributed by atoms with Crippen LogP contribution in [0.1, 0.15) is 5.56 Å². The third-order valence-electron chi connectivity index (χ3n) is 5.00. The predicted molar refractivity (Wildman–Crippen MR) is 135 cm³/mol. The summed E-state index contributed by atoms with van der Waals surface area (Å²) in [4.78, 5) is 21.0. The van der Waals surface area contributed by atoms with Crippen molar-refractivity contribution in [1.82, 2.24) is 15.5 Å². The summed E-state index contributed by atoms with van der Waals surface area (Å²) in [5, 5.41) is 7.10. The fraction of sp³-hybridized carbons (Fsp3) is 0.364. The molecule has 162 valence electrons. The number of aliphatic imine (C=N–C) groups is 1. The number of piperazine rings is 1. The Morgan fingerprint density at radius 1 is 1.00 bits per heavy atom. The van der Waals surface area contributed by atoms with Crippen LogP contribution in [0.5, 0.6) is 0 Å². The van der Waals surface area contributed by atoms with E-state index >= 15 is 0 Å². The minimum Gasteiger partial charge on any atom is -0.368 e. The minimum atomic E-state index is 0. The molecule has 2 aromatic rings. The molecule has 1 amide bonds. The summed E-state index contributed by atoms with van der Waals surface area (Å²) in [6.45, 7) is 4.14. The first-order valence-corrected chi connectivity index (χ1v) is 10.3. The molecule has 30 heavy (non-hydrogen) atoms. The number of hydrogen-bond donors (Lipinski definition) is 2. The van der Waals surface area contributed by atoms with Gasteiger partial charge < -0.3 is 20.4 Å². The lowest BCUT2D eigenvalue weighted by Crippen LogP contribution is -2.52. The molecule has 8 heteroatoms. The van der Waals surface area contributed by atoms with E-state index in [0.717, 1.165) is 44.2 Å². The van der Waals surface area contributed by atoms with Crippen LogP contribution >= 0.6 is 35.6 Å². The van der Waals surface area contributed by atoms with Crippen LogP contribution < -0.4 is 15.5 Å². The number of nitrogens with one attached hydrogen (secondary N) is 2. The summed E-state index contributed by atoms with van der Waals surface area (Å²) in [7, 11) is 1.71. The topological polar surface area (TPSA) is 60.0 Å². The van der Waals surface area contributed by atoms with E-state index in [1.54, 1.807) is 7.05 Å². The number of anilines is 1. The van der Waals surface area contributed by atoms with Crippen molar-refractivity contribution in [2.24, 2.45) is 4.99 Å². The second kappa shape index (κ2) is 12.6. The van der Waals surface area contributed by atoms with E-state index in [1.165, 1.54) is 11.3 Å². The highest BCUT2D eigenvalue weighted by molar-refractivity contribution is 14.0. The van der Waals surface area contributed by atoms with Gasteiger partial charge in [0, 0.05) is 50.5 Å². The maximum absolute atomic E-state index is 12.5. The number of nitrogens with zero attached hydrogens (tertiary/aromatic N) is 3. The Morgan fingerprint density at radius 2 is 1.67 bits per heavy atom. The Kier molecular flexibility index (Phi) is 10.2. The lowest BCUT2D eigenvalue weighted by atomic mass is 10.1. The Hall–Kier alpha value is -2.00. The molecule has 0 aromatic heterocycles. The molecular formula is C22H29ClIN5O. The van der Waals surface area contributed by atoms with E-state index in [4.69, 9.17) is 11.6 Å². The molecule has 6 nitrogen and oxygen atoms in total. The molecule has 0 bridgehead atoms. The highest BCUT2D eigenvalue weighted by atomic mass is 127. The third-order valence-corrected chi connectivity index (χ3v) is 5.26. The number of hydrogen-bond acceptors (Lipinski definition) is 3. The Morgan fingerprint density at radius 3 is 2.30 bits per heavy atom. The summed E-state index contributed by atoms with van der Waals surface area (Å²) in [5.74, 6) is 0.730. The zero-order valence-electron chi connectivity index (χ0n) is 17.2. The summed E-state index contributed by atoms with van der Waals surface area (Å²) >= 11 is 5.91. The summed E-state index contributed by atoms with van der Waals surface area (Å²) in [5.41, 5.74) is 2.41. The first-order valence-electron chi connectivity index (χ1n) is 9.92. The molecular weight excluding hydrogens is 513 g/mol. The number of amides is 1. The standard InChI is InChI=1S/C22H28ClN5O.HI/c1-24-22(25-12-11-18-7-9-19(23)10-8-18)26-17-21(29)28-15-13-27(14-16-28)20-5-3-2-4-6-20;/h2-10H,11-17H2,1H3,(H2,24,25,26);1H. The van der Waals surface area contributed by atoms with Crippen LogP contribution in [0, 0.1) is 0 Å². The van der Waals surface area contributed by atoms with Crippen LogP contribution in [0.2, 0.25) is 5.02 Å². The van der Waals surface area contributed by atoms with Crippen molar-refractivity contribution in [3.8, 4) is 0 Å². The van der Waals surface area contributed by atoms with Crippen LogP contribution in [0.25, 0.3) is 0 Å². The van der Waals surface area contributed by atoms with Crippen molar-refractivity contribution < 1.29 is 4.79 Å². The number of carbonyl (C=O) groups excluding carboxylic acids is 1. The van der Waals surface area contributed by atoms with Gasteiger partial charge in [-0.2, -0.15) is 0 Å². The highest BCUT2D eigenvalue weighted by Crippen LogP contribution is 2.15. The van der Waals surface area contributed by atoms with Gasteiger partial charge in [0.2, 0.25) is 5.91 Å². The molecule has 2 N–H and O–H groups in total. The summed E-state index contributed by atoms with van der Waals surface area (Å²) < 4.78 is 0. The highest BCUT2D eigenvalue weighted by Gasteiger charge is 2.21. The van der Waals surface area contributed by atoms with E-state index in [2.05, 4.69) is 32.7 Å². The monoisotopic (exact) mass is 541 g/mol. The molecule has 0 aliphatic carbocycles. The van der Waals surface area contributed by atoms with Crippen molar-refractivity contribution in [2.75, 3.05) is 51.2 Å². The normalized spacial score (nSPS) is 14.1. The average molecular weight is 542 g/mol. The second-order valence-corrected chi connectivity index (χ2v) is 7.37. The van der Waals surface area contributed by atoms with E-state index in [9.17, 15) is 4.79 Å². The van der Waals surface area contributed by atoms with Gasteiger partial charge in [-0.25, -0.2) is 0 Å². The molecule has 0 unspecified atom stereocenters. The van der Waals surface area contributed by atoms with E-state index in [-0.39, 0.29) is 36.4 Å². The van der Waals surface area contributed by atoms with Gasteiger partial charge in [0.1, 0.15) is 0 Å². The van der Waals surface area contributed by atoms with Crippen LogP contribution in [0.3, 0.4) is 0 Å². The zero-order valence-corrected chi connectivity index (χ0v) is 20.3. The largest absolute Gasteiger partial charge is 0.368 e. The van der Waals surface area contributed by atoms with Crippen molar-refractivity contribution in [3.05, 3.63) is 65.2 Å². The van der Waals surface area contributed by atoms with E-state index in [0.29, 0.717) is 5.96 Å². The quantitative estimate of drug-likeness (QED) is 0.335. The summed E-state index contributed by atoms with van der Waals surface area (Å²) in [6, 6.07) is 18.1. The molecule has 3 rings (SSSR count). The van der Waals surface area contributed by atoms with Crippen LogP contribution in [-0.4, -0.2) is 63.1 Å². The summed E-state index contributed by atoms with van der Waals surface area (Å²) in [6.07, 6.45) is 0.854. The Balaban J connectivity index is 0.00000320. The first-order chi connectivity index (χ1) is 14.2. The van der Waals surface area contributed by atoms with Crippen LogP contribution in [0.4, 0.5) is 5.69 Å². The maximum atomic E-state index is 12.5. The van der Waals surface area contributed by atoms with Crippen LogP contribution in [0.15, 0.2) is 59.6 Å². The lowest BCUT2D eigenvalue weighted by Gasteiger charge is -2.36. The van der Waals surface area contributed by atoms with Crippen molar-refractivity contribution >= 4 is 53.1 Å².